The Kier molecular flexibility index (Phi) is 4.43. The minimum atomic E-state index is -0.0875. The number of amides is 1. The smallest absolute Gasteiger partial charge is 0.244 e. The van der Waals surface area contributed by atoms with Gasteiger partial charge in [-0.3, -0.25) is 4.79 Å². The lowest BCUT2D eigenvalue weighted by Gasteiger charge is -2.30. The summed E-state index contributed by atoms with van der Waals surface area (Å²) in [7, 11) is 0. The molecule has 1 atom stereocenters. The maximum absolute atomic E-state index is 12.6. The number of aryl methyl sites for hydroxylation is 1. The highest BCUT2D eigenvalue weighted by molar-refractivity contribution is 5.98. The Bertz CT molecular complexity index is 453. The quantitative estimate of drug-likeness (QED) is 0.878. The monoisotopic (exact) mass is 262 g/mol. The predicted octanol–water partition coefficient (Wildman–Crippen LogP) is 2.20. The summed E-state index contributed by atoms with van der Waals surface area (Å²) in [5.74, 6) is 0.305. The molecule has 1 aliphatic rings. The van der Waals surface area contributed by atoms with Gasteiger partial charge in [-0.15, -0.1) is 0 Å². The predicted molar refractivity (Wildman–Crippen MR) is 76.5 cm³/mol. The van der Waals surface area contributed by atoms with Crippen LogP contribution in [0.15, 0.2) is 18.2 Å². The maximum atomic E-state index is 12.6. The van der Waals surface area contributed by atoms with Crippen molar-refractivity contribution in [3.8, 4) is 5.75 Å². The number of rotatable bonds is 3. The number of likely N-dealkylation sites (N-methyl/N-ethyl adjacent to an activating group) is 1. The fraction of sp³-hybridized carbons (Fsp3) is 0.533. The van der Waals surface area contributed by atoms with Crippen LogP contribution in [0.2, 0.25) is 0 Å². The van der Waals surface area contributed by atoms with Crippen LogP contribution in [-0.4, -0.2) is 30.1 Å². The first-order valence-corrected chi connectivity index (χ1v) is 6.98. The summed E-state index contributed by atoms with van der Waals surface area (Å²) < 4.78 is 0. The molecule has 1 aromatic carbocycles. The van der Waals surface area contributed by atoms with Crippen LogP contribution in [0, 0.1) is 6.92 Å². The van der Waals surface area contributed by atoms with Gasteiger partial charge in [0.05, 0.1) is 11.7 Å². The second kappa shape index (κ2) is 6.06. The van der Waals surface area contributed by atoms with Crippen molar-refractivity contribution in [1.29, 1.82) is 0 Å². The average Bonchev–Trinajstić information content (AvgIpc) is 2.44. The van der Waals surface area contributed by atoms with Crippen LogP contribution in [-0.2, 0) is 4.79 Å². The van der Waals surface area contributed by atoms with Crippen LogP contribution in [0.25, 0.3) is 0 Å². The van der Waals surface area contributed by atoms with Crippen molar-refractivity contribution in [3.63, 3.8) is 0 Å². The molecule has 0 bridgehead atoms. The number of nitrogens with zero attached hydrogens (tertiary/aromatic N) is 1. The number of phenols is 1. The topological polar surface area (TPSA) is 52.6 Å². The van der Waals surface area contributed by atoms with Gasteiger partial charge in [-0.25, -0.2) is 0 Å². The molecule has 19 heavy (non-hydrogen) atoms. The largest absolute Gasteiger partial charge is 0.508 e. The van der Waals surface area contributed by atoms with Gasteiger partial charge in [0.1, 0.15) is 5.75 Å². The Labute approximate surface area is 114 Å². The highest BCUT2D eigenvalue weighted by Gasteiger charge is 2.26. The number of piperidine rings is 1. The van der Waals surface area contributed by atoms with Crippen molar-refractivity contribution < 1.29 is 9.90 Å². The SMILES string of the molecule is CCN(C(=O)[C@H]1CCCCN1)c1cc(O)ccc1C. The van der Waals surface area contributed by atoms with E-state index in [-0.39, 0.29) is 17.7 Å². The zero-order chi connectivity index (χ0) is 13.8. The van der Waals surface area contributed by atoms with E-state index in [1.165, 1.54) is 0 Å². The zero-order valence-corrected chi connectivity index (χ0v) is 11.6. The lowest BCUT2D eigenvalue weighted by atomic mass is 10.0. The summed E-state index contributed by atoms with van der Waals surface area (Å²) >= 11 is 0. The average molecular weight is 262 g/mol. The Morgan fingerprint density at radius 3 is 2.89 bits per heavy atom. The number of carbonyl (C=O) groups is 1. The fourth-order valence-electron chi connectivity index (χ4n) is 2.58. The number of nitrogens with one attached hydrogen (secondary N) is 1. The first-order valence-electron chi connectivity index (χ1n) is 6.98. The van der Waals surface area contributed by atoms with E-state index < -0.39 is 0 Å². The molecule has 1 saturated heterocycles. The van der Waals surface area contributed by atoms with Crippen molar-refractivity contribution in [3.05, 3.63) is 23.8 Å². The third-order valence-corrected chi connectivity index (χ3v) is 3.67. The van der Waals surface area contributed by atoms with Gasteiger partial charge in [-0.05, 0) is 44.9 Å². The van der Waals surface area contributed by atoms with Gasteiger partial charge in [0.15, 0.2) is 0 Å². The van der Waals surface area contributed by atoms with Crippen LogP contribution in [0.5, 0.6) is 5.75 Å². The number of aromatic hydroxyl groups is 1. The van der Waals surface area contributed by atoms with Crippen LogP contribution >= 0.6 is 0 Å². The molecule has 0 unspecified atom stereocenters. The van der Waals surface area contributed by atoms with Crippen molar-refractivity contribution in [1.82, 2.24) is 5.32 Å². The summed E-state index contributed by atoms with van der Waals surface area (Å²) in [5, 5.41) is 12.9. The molecule has 1 amide bonds. The van der Waals surface area contributed by atoms with E-state index >= 15 is 0 Å². The summed E-state index contributed by atoms with van der Waals surface area (Å²) in [4.78, 5) is 14.3. The van der Waals surface area contributed by atoms with E-state index in [4.69, 9.17) is 0 Å². The van der Waals surface area contributed by atoms with Crippen LogP contribution in [0.1, 0.15) is 31.7 Å². The molecule has 0 spiro atoms. The highest BCUT2D eigenvalue weighted by atomic mass is 16.3. The number of phenolic OH excluding ortho intramolecular Hbond substituents is 1. The lowest BCUT2D eigenvalue weighted by Crippen LogP contribution is -2.48. The van der Waals surface area contributed by atoms with Gasteiger partial charge in [-0.1, -0.05) is 12.5 Å². The maximum Gasteiger partial charge on any atom is 0.244 e. The van der Waals surface area contributed by atoms with Crippen LogP contribution in [0.3, 0.4) is 0 Å². The van der Waals surface area contributed by atoms with Gasteiger partial charge >= 0.3 is 0 Å². The molecule has 1 aromatic rings. The molecule has 1 fully saturated rings. The summed E-state index contributed by atoms with van der Waals surface area (Å²) in [6, 6.07) is 5.07. The third-order valence-electron chi connectivity index (χ3n) is 3.67. The number of hydrogen-bond acceptors (Lipinski definition) is 3. The summed E-state index contributed by atoms with van der Waals surface area (Å²) in [5.41, 5.74) is 1.81. The van der Waals surface area contributed by atoms with Crippen LogP contribution in [0.4, 0.5) is 5.69 Å². The molecule has 2 N–H and O–H groups in total. The standard InChI is InChI=1S/C15H22N2O2/c1-3-17(14-10-12(18)8-7-11(14)2)15(19)13-6-4-5-9-16-13/h7-8,10,13,16,18H,3-6,9H2,1-2H3/t13-/m1/s1. The molecule has 1 aliphatic heterocycles. The molecular weight excluding hydrogens is 240 g/mol. The number of hydrogen-bond donors (Lipinski definition) is 2. The minimum absolute atomic E-state index is 0.0875. The molecule has 0 radical (unpaired) electrons. The van der Waals surface area contributed by atoms with E-state index in [2.05, 4.69) is 5.32 Å². The molecule has 4 heteroatoms. The first-order chi connectivity index (χ1) is 9.13. The molecule has 0 saturated carbocycles. The number of benzene rings is 1. The Morgan fingerprint density at radius 1 is 1.47 bits per heavy atom. The van der Waals surface area contributed by atoms with Gasteiger partial charge in [0.25, 0.3) is 0 Å². The zero-order valence-electron chi connectivity index (χ0n) is 11.6. The first kappa shape index (κ1) is 13.9. The molecule has 1 heterocycles. The van der Waals surface area contributed by atoms with E-state index in [1.807, 2.05) is 19.9 Å². The highest BCUT2D eigenvalue weighted by Crippen LogP contribution is 2.26. The lowest BCUT2D eigenvalue weighted by molar-refractivity contribution is -0.121. The fourth-order valence-corrected chi connectivity index (χ4v) is 2.58. The van der Waals surface area contributed by atoms with E-state index in [9.17, 15) is 9.90 Å². The number of carbonyl (C=O) groups excluding carboxylic acids is 1. The van der Waals surface area contributed by atoms with Crippen molar-refractivity contribution in [2.45, 2.75) is 39.2 Å². The molecule has 4 nitrogen and oxygen atoms in total. The van der Waals surface area contributed by atoms with E-state index in [1.54, 1.807) is 17.0 Å². The van der Waals surface area contributed by atoms with Crippen molar-refractivity contribution in [2.75, 3.05) is 18.0 Å². The second-order valence-electron chi connectivity index (χ2n) is 5.06. The number of anilines is 1. The third kappa shape index (κ3) is 3.07. The van der Waals surface area contributed by atoms with Gasteiger partial charge in [0, 0.05) is 12.6 Å². The van der Waals surface area contributed by atoms with Crippen molar-refractivity contribution >= 4 is 11.6 Å². The van der Waals surface area contributed by atoms with Crippen molar-refractivity contribution in [2.24, 2.45) is 0 Å². The van der Waals surface area contributed by atoms with E-state index in [0.29, 0.717) is 6.54 Å². The summed E-state index contributed by atoms with van der Waals surface area (Å²) in [6.07, 6.45) is 3.13. The Morgan fingerprint density at radius 2 is 2.26 bits per heavy atom. The normalized spacial score (nSPS) is 19.2. The minimum Gasteiger partial charge on any atom is -0.508 e. The Balaban J connectivity index is 2.23. The molecule has 104 valence electrons. The molecular formula is C15H22N2O2. The molecule has 2 rings (SSSR count). The molecule has 0 aliphatic carbocycles. The van der Waals surface area contributed by atoms with Gasteiger partial charge < -0.3 is 15.3 Å². The van der Waals surface area contributed by atoms with Crippen LogP contribution < -0.4 is 10.2 Å². The summed E-state index contributed by atoms with van der Waals surface area (Å²) in [6.45, 7) is 5.44. The second-order valence-corrected chi connectivity index (χ2v) is 5.06. The van der Waals surface area contributed by atoms with Gasteiger partial charge in [0.2, 0.25) is 5.91 Å². The molecule has 0 aromatic heterocycles. The van der Waals surface area contributed by atoms with E-state index in [0.717, 1.165) is 37.1 Å². The van der Waals surface area contributed by atoms with Gasteiger partial charge in [-0.2, -0.15) is 0 Å². The Hall–Kier alpha value is -1.55.